The molecule has 0 aromatic carbocycles. The first-order chi connectivity index (χ1) is 6.54. The maximum Gasteiger partial charge on any atom is 0.309 e. The quantitative estimate of drug-likeness (QED) is 0.501. The highest BCUT2D eigenvalue weighted by Gasteiger charge is 2.27. The van der Waals surface area contributed by atoms with Crippen LogP contribution in [0.1, 0.15) is 27.7 Å². The van der Waals surface area contributed by atoms with Gasteiger partial charge in [-0.1, -0.05) is 13.8 Å². The van der Waals surface area contributed by atoms with Gasteiger partial charge in [0.1, 0.15) is 0 Å². The second-order valence-electron chi connectivity index (χ2n) is 3.08. The summed E-state index contributed by atoms with van der Waals surface area (Å²) in [5.41, 5.74) is 0. The van der Waals surface area contributed by atoms with Crippen LogP contribution in [0.4, 0.5) is 0 Å². The summed E-state index contributed by atoms with van der Waals surface area (Å²) in [5.74, 6) is -1.61. The van der Waals surface area contributed by atoms with E-state index in [1.807, 2.05) is 0 Å². The molecule has 2 unspecified atom stereocenters. The Labute approximate surface area is 84.6 Å². The van der Waals surface area contributed by atoms with Crippen LogP contribution in [-0.4, -0.2) is 25.2 Å². The van der Waals surface area contributed by atoms with Crippen LogP contribution in [-0.2, 0) is 19.1 Å². The van der Waals surface area contributed by atoms with Crippen molar-refractivity contribution < 1.29 is 19.1 Å². The Kier molecular flexibility index (Phi) is 5.92. The van der Waals surface area contributed by atoms with E-state index in [2.05, 4.69) is 0 Å². The zero-order chi connectivity index (χ0) is 11.1. The Morgan fingerprint density at radius 1 is 0.929 bits per heavy atom. The van der Waals surface area contributed by atoms with Gasteiger partial charge in [-0.3, -0.25) is 9.59 Å². The van der Waals surface area contributed by atoms with Crippen LogP contribution in [0.2, 0.25) is 0 Å². The molecule has 0 saturated carbocycles. The maximum atomic E-state index is 11.3. The Morgan fingerprint density at radius 3 is 1.43 bits per heavy atom. The van der Waals surface area contributed by atoms with E-state index >= 15 is 0 Å². The Hall–Kier alpha value is -1.06. The lowest BCUT2D eigenvalue weighted by Crippen LogP contribution is -2.28. The second kappa shape index (κ2) is 6.40. The third-order valence-electron chi connectivity index (χ3n) is 2.07. The van der Waals surface area contributed by atoms with Crippen molar-refractivity contribution in [2.24, 2.45) is 11.8 Å². The Balaban J connectivity index is 4.16. The van der Waals surface area contributed by atoms with Gasteiger partial charge >= 0.3 is 11.9 Å². The van der Waals surface area contributed by atoms with E-state index in [0.717, 1.165) is 0 Å². The van der Waals surface area contributed by atoms with Gasteiger partial charge in [0.05, 0.1) is 25.0 Å². The molecule has 14 heavy (non-hydrogen) atoms. The molecule has 0 aliphatic heterocycles. The topological polar surface area (TPSA) is 52.6 Å². The van der Waals surface area contributed by atoms with Gasteiger partial charge in [-0.25, -0.2) is 0 Å². The van der Waals surface area contributed by atoms with Crippen molar-refractivity contribution in [1.29, 1.82) is 0 Å². The molecule has 0 spiro atoms. The third-order valence-corrected chi connectivity index (χ3v) is 2.07. The lowest BCUT2D eigenvalue weighted by Gasteiger charge is -2.16. The predicted molar refractivity (Wildman–Crippen MR) is 51.6 cm³/mol. The number of rotatable bonds is 5. The van der Waals surface area contributed by atoms with Crippen LogP contribution in [0.15, 0.2) is 0 Å². The maximum absolute atomic E-state index is 11.3. The zero-order valence-electron chi connectivity index (χ0n) is 9.20. The molecule has 0 saturated heterocycles. The molecule has 0 aliphatic carbocycles. The van der Waals surface area contributed by atoms with Crippen LogP contribution in [0.3, 0.4) is 0 Å². The SMILES string of the molecule is CCOC(=O)[13CH](C)[13CH](C)C(=O)OCC. The average molecular weight is 204 g/mol. The molecule has 2 atom stereocenters. The first kappa shape index (κ1) is 12.9. The van der Waals surface area contributed by atoms with Gasteiger partial charge in [0.2, 0.25) is 0 Å². The minimum atomic E-state index is -0.450. The van der Waals surface area contributed by atoms with E-state index in [1.165, 1.54) is 0 Å². The first-order valence-corrected chi connectivity index (χ1v) is 4.87. The van der Waals surface area contributed by atoms with Crippen molar-refractivity contribution in [3.63, 3.8) is 0 Å². The van der Waals surface area contributed by atoms with Crippen LogP contribution < -0.4 is 0 Å². The average Bonchev–Trinajstić information content (AvgIpc) is 2.16. The van der Waals surface area contributed by atoms with Gasteiger partial charge in [-0.05, 0) is 13.8 Å². The highest BCUT2D eigenvalue weighted by molar-refractivity contribution is 5.81. The first-order valence-electron chi connectivity index (χ1n) is 4.87. The summed E-state index contributed by atoms with van der Waals surface area (Å²) in [4.78, 5) is 22.5. The van der Waals surface area contributed by atoms with E-state index in [0.29, 0.717) is 13.2 Å². The molecule has 0 fully saturated rings. The molecule has 0 rings (SSSR count). The van der Waals surface area contributed by atoms with E-state index in [1.54, 1.807) is 27.7 Å². The lowest BCUT2D eigenvalue weighted by atomic mass is 10.5. The monoisotopic (exact) mass is 204 g/mol. The fraction of sp³-hybridized carbons (Fsp3) is 0.800. The molecule has 0 aromatic rings. The highest BCUT2D eigenvalue weighted by Crippen LogP contribution is 2.14. The van der Waals surface area contributed by atoms with Crippen molar-refractivity contribution in [3.8, 4) is 0 Å². The van der Waals surface area contributed by atoms with Gasteiger partial charge in [0.25, 0.3) is 0 Å². The molecular weight excluding hydrogens is 186 g/mol. The Morgan fingerprint density at radius 2 is 1.21 bits per heavy atom. The molecular formula is C10H18O4. The van der Waals surface area contributed by atoms with Gasteiger partial charge in [-0.15, -0.1) is 0 Å². The minimum absolute atomic E-state index is 0.332. The molecule has 0 aliphatic rings. The Bertz CT molecular complexity index is 178. The van der Waals surface area contributed by atoms with E-state index in [9.17, 15) is 9.59 Å². The van der Waals surface area contributed by atoms with Crippen molar-refractivity contribution in [2.75, 3.05) is 13.2 Å². The number of esters is 2. The molecule has 82 valence electrons. The molecule has 4 heteroatoms. The van der Waals surface area contributed by atoms with E-state index in [4.69, 9.17) is 9.47 Å². The smallest absolute Gasteiger partial charge is 0.309 e. The molecule has 4 nitrogen and oxygen atoms in total. The molecule has 0 bridgehead atoms. The predicted octanol–water partition coefficient (Wildman–Crippen LogP) is 1.38. The van der Waals surface area contributed by atoms with Crippen molar-refractivity contribution in [1.82, 2.24) is 0 Å². The van der Waals surface area contributed by atoms with E-state index < -0.39 is 11.8 Å². The standard InChI is InChI=1S/C10H18O4/c1-5-13-9(11)7(3)8(4)10(12)14-6-2/h7-8H,5-6H2,1-4H3/i7+1,8+1. The van der Waals surface area contributed by atoms with Gasteiger partial charge < -0.3 is 9.47 Å². The summed E-state index contributed by atoms with van der Waals surface area (Å²) >= 11 is 0. The molecule has 0 amide bonds. The summed E-state index contributed by atoms with van der Waals surface area (Å²) in [6.45, 7) is 7.47. The lowest BCUT2D eigenvalue weighted by molar-refractivity contribution is -0.158. The van der Waals surface area contributed by atoms with Crippen LogP contribution in [0, 0.1) is 11.8 Å². The normalized spacial score (nSPS) is 14.3. The fourth-order valence-electron chi connectivity index (χ4n) is 0.956. The van der Waals surface area contributed by atoms with Crippen molar-refractivity contribution >= 4 is 11.9 Å². The van der Waals surface area contributed by atoms with Crippen LogP contribution in [0.5, 0.6) is 0 Å². The minimum Gasteiger partial charge on any atom is -0.466 e. The van der Waals surface area contributed by atoms with Gasteiger partial charge in [-0.2, -0.15) is 0 Å². The number of carbonyl (C=O) groups excluding carboxylic acids is 2. The van der Waals surface area contributed by atoms with Crippen molar-refractivity contribution in [3.05, 3.63) is 0 Å². The van der Waals surface area contributed by atoms with E-state index in [-0.39, 0.29) is 11.9 Å². The third kappa shape index (κ3) is 3.77. The molecule has 0 aromatic heterocycles. The number of ether oxygens (including phenoxy) is 2. The largest absolute Gasteiger partial charge is 0.466 e. The molecule has 0 N–H and O–H groups in total. The van der Waals surface area contributed by atoms with Crippen molar-refractivity contribution in [2.45, 2.75) is 27.7 Å². The molecule has 0 heterocycles. The van der Waals surface area contributed by atoms with Crippen LogP contribution in [0.25, 0.3) is 0 Å². The number of hydrogen-bond donors (Lipinski definition) is 0. The highest BCUT2D eigenvalue weighted by atomic mass is 16.5. The summed E-state index contributed by atoms with van der Waals surface area (Å²) in [6.07, 6.45) is 0. The second-order valence-corrected chi connectivity index (χ2v) is 3.08. The van der Waals surface area contributed by atoms with Gasteiger partial charge in [0.15, 0.2) is 0 Å². The number of hydrogen-bond acceptors (Lipinski definition) is 4. The summed E-state index contributed by atoms with van der Waals surface area (Å²) in [7, 11) is 0. The summed E-state index contributed by atoms with van der Waals surface area (Å²) < 4.78 is 9.61. The molecule has 0 radical (unpaired) electrons. The zero-order valence-corrected chi connectivity index (χ0v) is 9.20. The number of carbonyl (C=O) groups is 2. The summed E-state index contributed by atoms with van der Waals surface area (Å²) in [6, 6.07) is 0. The van der Waals surface area contributed by atoms with Crippen LogP contribution >= 0.6 is 0 Å². The summed E-state index contributed by atoms with van der Waals surface area (Å²) in [5, 5.41) is 0. The van der Waals surface area contributed by atoms with Gasteiger partial charge in [0, 0.05) is 0 Å². The fourth-order valence-corrected chi connectivity index (χ4v) is 0.956.